The first-order valence-electron chi connectivity index (χ1n) is 4.28. The van der Waals surface area contributed by atoms with Crippen LogP contribution in [-0.4, -0.2) is 22.4 Å². The summed E-state index contributed by atoms with van der Waals surface area (Å²) in [6, 6.07) is 0.191. The van der Waals surface area contributed by atoms with Crippen molar-refractivity contribution in [2.75, 3.05) is 6.26 Å². The molecule has 0 bridgehead atoms. The zero-order chi connectivity index (χ0) is 9.68. The van der Waals surface area contributed by atoms with Gasteiger partial charge in [-0.1, -0.05) is 5.16 Å². The number of thioether (sulfide) groups is 1. The van der Waals surface area contributed by atoms with Crippen LogP contribution in [0.2, 0.25) is 0 Å². The third-order valence-corrected chi connectivity index (χ3v) is 2.14. The van der Waals surface area contributed by atoms with Crippen molar-refractivity contribution in [2.24, 2.45) is 5.73 Å². The summed E-state index contributed by atoms with van der Waals surface area (Å²) in [4.78, 5) is 4.22. The van der Waals surface area contributed by atoms with Crippen LogP contribution in [0.4, 0.5) is 0 Å². The number of nitrogens with zero attached hydrogens (tertiary/aromatic N) is 2. The van der Waals surface area contributed by atoms with E-state index in [1.165, 1.54) is 0 Å². The van der Waals surface area contributed by atoms with E-state index in [4.69, 9.17) is 10.3 Å². The zero-order valence-corrected chi connectivity index (χ0v) is 8.80. The number of nitrogens with two attached hydrogens (primary N) is 1. The lowest BCUT2D eigenvalue weighted by Gasteiger charge is -1.99. The molecule has 0 aliphatic carbocycles. The highest BCUT2D eigenvalue weighted by atomic mass is 32.2. The molecule has 0 aliphatic heterocycles. The molecule has 1 rings (SSSR count). The molecule has 0 amide bonds. The fraction of sp³-hybridized carbons (Fsp3) is 0.750. The van der Waals surface area contributed by atoms with Gasteiger partial charge in [0.2, 0.25) is 5.89 Å². The van der Waals surface area contributed by atoms with Crippen LogP contribution < -0.4 is 5.73 Å². The van der Waals surface area contributed by atoms with Gasteiger partial charge in [0.25, 0.3) is 0 Å². The van der Waals surface area contributed by atoms with Crippen LogP contribution in [0.15, 0.2) is 4.52 Å². The highest BCUT2D eigenvalue weighted by Crippen LogP contribution is 2.07. The quantitative estimate of drug-likeness (QED) is 0.775. The van der Waals surface area contributed by atoms with E-state index in [0.29, 0.717) is 5.89 Å². The van der Waals surface area contributed by atoms with E-state index in [0.717, 1.165) is 24.4 Å². The van der Waals surface area contributed by atoms with Crippen molar-refractivity contribution < 1.29 is 4.52 Å². The Kier molecular flexibility index (Phi) is 4.24. The van der Waals surface area contributed by atoms with Crippen molar-refractivity contribution in [3.05, 3.63) is 11.7 Å². The lowest BCUT2D eigenvalue weighted by molar-refractivity contribution is 0.368. The molecule has 2 N–H and O–H groups in total. The van der Waals surface area contributed by atoms with E-state index in [1.807, 2.05) is 13.2 Å². The minimum absolute atomic E-state index is 0.191. The lowest BCUT2D eigenvalue weighted by Crippen LogP contribution is -2.15. The lowest BCUT2D eigenvalue weighted by atomic mass is 10.2. The third kappa shape index (κ3) is 3.78. The van der Waals surface area contributed by atoms with Gasteiger partial charge in [0, 0.05) is 12.5 Å². The minimum Gasteiger partial charge on any atom is -0.339 e. The predicted octanol–water partition coefficient (Wildman–Crippen LogP) is 1.21. The molecule has 0 radical (unpaired) electrons. The van der Waals surface area contributed by atoms with E-state index >= 15 is 0 Å². The Hall–Kier alpha value is -0.550. The summed E-state index contributed by atoms with van der Waals surface area (Å²) in [5.74, 6) is 2.27. The molecule has 1 unspecified atom stereocenters. The summed E-state index contributed by atoms with van der Waals surface area (Å²) in [7, 11) is 0. The normalized spacial score (nSPS) is 13.2. The largest absolute Gasteiger partial charge is 0.339 e. The number of hydrogen-bond donors (Lipinski definition) is 1. The van der Waals surface area contributed by atoms with Gasteiger partial charge in [0.15, 0.2) is 5.82 Å². The Balaban J connectivity index is 2.39. The molecule has 13 heavy (non-hydrogen) atoms. The maximum atomic E-state index is 5.61. The summed E-state index contributed by atoms with van der Waals surface area (Å²) in [6.45, 7) is 1.97. The standard InChI is InChI=1S/C8H15N3OS/c1-6(9)3-4-8-10-7(5-13-2)11-12-8/h6H,3-5,9H2,1-2H3. The summed E-state index contributed by atoms with van der Waals surface area (Å²) in [5, 5.41) is 3.84. The monoisotopic (exact) mass is 201 g/mol. The van der Waals surface area contributed by atoms with Gasteiger partial charge in [-0.2, -0.15) is 16.7 Å². The van der Waals surface area contributed by atoms with Crippen molar-refractivity contribution >= 4 is 11.8 Å². The molecule has 0 aromatic carbocycles. The van der Waals surface area contributed by atoms with Gasteiger partial charge in [-0.15, -0.1) is 0 Å². The fourth-order valence-electron chi connectivity index (χ4n) is 0.931. The van der Waals surface area contributed by atoms with Crippen molar-refractivity contribution in [1.82, 2.24) is 10.1 Å². The average Bonchev–Trinajstić information content (AvgIpc) is 2.50. The van der Waals surface area contributed by atoms with Gasteiger partial charge in [-0.3, -0.25) is 0 Å². The molecular formula is C8H15N3OS. The first-order chi connectivity index (χ1) is 6.22. The van der Waals surface area contributed by atoms with Crippen LogP contribution >= 0.6 is 11.8 Å². The average molecular weight is 201 g/mol. The first-order valence-corrected chi connectivity index (χ1v) is 5.67. The molecule has 1 heterocycles. The molecule has 0 saturated heterocycles. The number of aryl methyl sites for hydroxylation is 1. The Morgan fingerprint density at radius 3 is 3.00 bits per heavy atom. The maximum Gasteiger partial charge on any atom is 0.226 e. The van der Waals surface area contributed by atoms with Crippen LogP contribution in [0.3, 0.4) is 0 Å². The van der Waals surface area contributed by atoms with Crippen LogP contribution in [0.5, 0.6) is 0 Å². The molecule has 1 aromatic rings. The number of aromatic nitrogens is 2. The van der Waals surface area contributed by atoms with Gasteiger partial charge in [-0.25, -0.2) is 0 Å². The van der Waals surface area contributed by atoms with Crippen LogP contribution in [0, 0.1) is 0 Å². The molecule has 74 valence electrons. The van der Waals surface area contributed by atoms with Crippen LogP contribution in [0.25, 0.3) is 0 Å². The highest BCUT2D eigenvalue weighted by molar-refractivity contribution is 7.97. The van der Waals surface area contributed by atoms with Gasteiger partial charge in [-0.05, 0) is 19.6 Å². The molecule has 5 heteroatoms. The van der Waals surface area contributed by atoms with Gasteiger partial charge in [0.1, 0.15) is 0 Å². The van der Waals surface area contributed by atoms with Crippen molar-refractivity contribution in [3.8, 4) is 0 Å². The Bertz CT molecular complexity index is 249. The molecular weight excluding hydrogens is 186 g/mol. The SMILES string of the molecule is CSCc1noc(CCC(C)N)n1. The first kappa shape index (κ1) is 10.5. The van der Waals surface area contributed by atoms with E-state index in [1.54, 1.807) is 11.8 Å². The predicted molar refractivity (Wildman–Crippen MR) is 53.5 cm³/mol. The molecule has 4 nitrogen and oxygen atoms in total. The maximum absolute atomic E-state index is 5.61. The molecule has 1 atom stereocenters. The van der Waals surface area contributed by atoms with Gasteiger partial charge >= 0.3 is 0 Å². The summed E-state index contributed by atoms with van der Waals surface area (Å²) < 4.78 is 5.04. The second-order valence-electron chi connectivity index (χ2n) is 3.05. The van der Waals surface area contributed by atoms with Gasteiger partial charge in [0.05, 0.1) is 5.75 Å². The Labute approximate surface area is 82.3 Å². The number of rotatable bonds is 5. The molecule has 0 saturated carbocycles. The molecule has 0 fully saturated rings. The van der Waals surface area contributed by atoms with E-state index in [-0.39, 0.29) is 6.04 Å². The Morgan fingerprint density at radius 2 is 2.38 bits per heavy atom. The summed E-state index contributed by atoms with van der Waals surface area (Å²) in [5.41, 5.74) is 5.61. The Morgan fingerprint density at radius 1 is 1.62 bits per heavy atom. The van der Waals surface area contributed by atoms with E-state index in [2.05, 4.69) is 10.1 Å². The summed E-state index contributed by atoms with van der Waals surface area (Å²) in [6.07, 6.45) is 3.68. The van der Waals surface area contributed by atoms with E-state index < -0.39 is 0 Å². The topological polar surface area (TPSA) is 64.9 Å². The van der Waals surface area contributed by atoms with E-state index in [9.17, 15) is 0 Å². The van der Waals surface area contributed by atoms with Crippen molar-refractivity contribution in [1.29, 1.82) is 0 Å². The van der Waals surface area contributed by atoms with Crippen molar-refractivity contribution in [2.45, 2.75) is 31.6 Å². The van der Waals surface area contributed by atoms with Gasteiger partial charge < -0.3 is 10.3 Å². The second-order valence-corrected chi connectivity index (χ2v) is 3.92. The third-order valence-electron chi connectivity index (χ3n) is 1.60. The summed E-state index contributed by atoms with van der Waals surface area (Å²) >= 11 is 1.68. The highest BCUT2D eigenvalue weighted by Gasteiger charge is 2.05. The van der Waals surface area contributed by atoms with Crippen LogP contribution in [0.1, 0.15) is 25.1 Å². The number of hydrogen-bond acceptors (Lipinski definition) is 5. The molecule has 1 aromatic heterocycles. The van der Waals surface area contributed by atoms with Crippen molar-refractivity contribution in [3.63, 3.8) is 0 Å². The zero-order valence-electron chi connectivity index (χ0n) is 7.99. The smallest absolute Gasteiger partial charge is 0.226 e. The van der Waals surface area contributed by atoms with Crippen LogP contribution in [-0.2, 0) is 12.2 Å². The fourth-order valence-corrected chi connectivity index (χ4v) is 1.31. The second kappa shape index (κ2) is 5.24. The molecule has 0 aliphatic rings. The minimum atomic E-state index is 0.191. The molecule has 0 spiro atoms.